The van der Waals surface area contributed by atoms with Gasteiger partial charge < -0.3 is 0 Å². The zero-order valence-corrected chi connectivity index (χ0v) is 5.99. The van der Waals surface area contributed by atoms with E-state index >= 15 is 0 Å². The lowest BCUT2D eigenvalue weighted by Gasteiger charge is -2.18. The fraction of sp³-hybridized carbons (Fsp3) is 0.500. The summed E-state index contributed by atoms with van der Waals surface area (Å²) in [6.45, 7) is 13.7. The van der Waals surface area contributed by atoms with Gasteiger partial charge in [-0.15, -0.1) is 6.58 Å². The number of hydrogen-bond acceptors (Lipinski definition) is 0. The molecule has 0 rings (SSSR count). The Labute approximate surface area is 51.9 Å². The normalized spacial score (nSPS) is 10.9. The van der Waals surface area contributed by atoms with Crippen molar-refractivity contribution in [3.63, 3.8) is 0 Å². The maximum atomic E-state index is 3.83. The van der Waals surface area contributed by atoms with Crippen LogP contribution in [0.25, 0.3) is 0 Å². The van der Waals surface area contributed by atoms with E-state index in [0.29, 0.717) is 0 Å². The summed E-state index contributed by atoms with van der Waals surface area (Å²) in [6, 6.07) is 0. The number of hydrogen-bond donors (Lipinski definition) is 0. The first-order valence-electron chi connectivity index (χ1n) is 2.80. The third-order valence-corrected chi connectivity index (χ3v) is 1.61. The van der Waals surface area contributed by atoms with Gasteiger partial charge in [0.15, 0.2) is 0 Å². The Morgan fingerprint density at radius 3 is 1.88 bits per heavy atom. The minimum atomic E-state index is 0.111. The van der Waals surface area contributed by atoms with Crippen molar-refractivity contribution in [3.8, 4) is 0 Å². The molecule has 0 aliphatic carbocycles. The molecule has 0 aliphatic rings. The van der Waals surface area contributed by atoms with Crippen molar-refractivity contribution < 1.29 is 0 Å². The van der Waals surface area contributed by atoms with Gasteiger partial charge in [-0.25, -0.2) is 0 Å². The Hall–Kier alpha value is -0.520. The minimum absolute atomic E-state index is 0.111. The standard InChI is InChI=1S/C8H14/c1-6-8(4,5)7(2)3/h6H,1-2H2,3-5H3. The SMILES string of the molecule is C=CC(C)(C)C(=C)C. The van der Waals surface area contributed by atoms with Gasteiger partial charge in [-0.1, -0.05) is 32.1 Å². The van der Waals surface area contributed by atoms with E-state index in [4.69, 9.17) is 0 Å². The van der Waals surface area contributed by atoms with E-state index in [2.05, 4.69) is 27.0 Å². The minimum Gasteiger partial charge on any atom is -0.102 e. The predicted octanol–water partition coefficient (Wildman–Crippen LogP) is 2.77. The van der Waals surface area contributed by atoms with Crippen molar-refractivity contribution in [1.29, 1.82) is 0 Å². The van der Waals surface area contributed by atoms with Gasteiger partial charge in [0, 0.05) is 5.41 Å². The highest BCUT2D eigenvalue weighted by molar-refractivity contribution is 5.11. The molecule has 0 radical (unpaired) electrons. The van der Waals surface area contributed by atoms with Crippen LogP contribution < -0.4 is 0 Å². The zero-order valence-electron chi connectivity index (χ0n) is 5.99. The van der Waals surface area contributed by atoms with Crippen molar-refractivity contribution in [2.45, 2.75) is 20.8 Å². The van der Waals surface area contributed by atoms with Crippen LogP contribution in [0.2, 0.25) is 0 Å². The lowest BCUT2D eigenvalue weighted by molar-refractivity contribution is 0.584. The van der Waals surface area contributed by atoms with Gasteiger partial charge in [-0.3, -0.25) is 0 Å². The van der Waals surface area contributed by atoms with Crippen LogP contribution in [0.4, 0.5) is 0 Å². The topological polar surface area (TPSA) is 0 Å². The van der Waals surface area contributed by atoms with E-state index in [1.807, 2.05) is 13.0 Å². The quantitative estimate of drug-likeness (QED) is 0.479. The third kappa shape index (κ3) is 1.53. The summed E-state index contributed by atoms with van der Waals surface area (Å²) in [4.78, 5) is 0. The van der Waals surface area contributed by atoms with E-state index in [1.165, 1.54) is 0 Å². The number of rotatable bonds is 2. The molecule has 0 N–H and O–H groups in total. The van der Waals surface area contributed by atoms with Gasteiger partial charge in [0.05, 0.1) is 0 Å². The van der Waals surface area contributed by atoms with Crippen molar-refractivity contribution in [1.82, 2.24) is 0 Å². The smallest absolute Gasteiger partial charge is 0.00261 e. The van der Waals surface area contributed by atoms with Crippen molar-refractivity contribution >= 4 is 0 Å². The molecule has 0 nitrogen and oxygen atoms in total. The average Bonchev–Trinajstić information content (AvgIpc) is 1.67. The second-order valence-electron chi connectivity index (χ2n) is 2.71. The van der Waals surface area contributed by atoms with Gasteiger partial charge in [0.25, 0.3) is 0 Å². The molecule has 0 fully saturated rings. The first kappa shape index (κ1) is 7.48. The molecule has 0 aromatic carbocycles. The summed E-state index contributed by atoms with van der Waals surface area (Å²) in [5.74, 6) is 0. The van der Waals surface area contributed by atoms with Gasteiger partial charge in [-0.05, 0) is 6.92 Å². The van der Waals surface area contributed by atoms with Crippen LogP contribution in [0.3, 0.4) is 0 Å². The first-order valence-corrected chi connectivity index (χ1v) is 2.80. The monoisotopic (exact) mass is 110 g/mol. The maximum absolute atomic E-state index is 3.83. The molecule has 0 heteroatoms. The Balaban J connectivity index is 4.12. The maximum Gasteiger partial charge on any atom is 0.00261 e. The summed E-state index contributed by atoms with van der Waals surface area (Å²) in [5.41, 5.74) is 1.27. The Morgan fingerprint density at radius 2 is 1.88 bits per heavy atom. The molecule has 0 aromatic rings. The Morgan fingerprint density at radius 1 is 1.50 bits per heavy atom. The van der Waals surface area contributed by atoms with Crippen molar-refractivity contribution in [2.75, 3.05) is 0 Å². The molecular weight excluding hydrogens is 96.1 g/mol. The first-order chi connectivity index (χ1) is 3.50. The summed E-state index contributed by atoms with van der Waals surface area (Å²) >= 11 is 0. The molecule has 0 saturated heterocycles. The lowest BCUT2D eigenvalue weighted by Crippen LogP contribution is -2.06. The van der Waals surface area contributed by atoms with Crippen LogP contribution in [-0.4, -0.2) is 0 Å². The van der Waals surface area contributed by atoms with Crippen LogP contribution in [-0.2, 0) is 0 Å². The molecule has 0 spiro atoms. The van der Waals surface area contributed by atoms with Crippen LogP contribution >= 0.6 is 0 Å². The van der Waals surface area contributed by atoms with Gasteiger partial charge in [0.2, 0.25) is 0 Å². The molecule has 0 aliphatic heterocycles. The van der Waals surface area contributed by atoms with Crippen LogP contribution in [0.5, 0.6) is 0 Å². The fourth-order valence-electron chi connectivity index (χ4n) is 0.174. The van der Waals surface area contributed by atoms with E-state index in [-0.39, 0.29) is 5.41 Å². The van der Waals surface area contributed by atoms with E-state index in [1.54, 1.807) is 0 Å². The molecule has 0 bridgehead atoms. The van der Waals surface area contributed by atoms with Crippen LogP contribution in [0.15, 0.2) is 24.8 Å². The molecule has 8 heavy (non-hydrogen) atoms. The molecule has 0 atom stereocenters. The Kier molecular flexibility index (Phi) is 2.02. The van der Waals surface area contributed by atoms with E-state index in [0.717, 1.165) is 5.57 Å². The highest BCUT2D eigenvalue weighted by Gasteiger charge is 2.11. The molecule has 0 amide bonds. The van der Waals surface area contributed by atoms with Crippen LogP contribution in [0, 0.1) is 5.41 Å². The second kappa shape index (κ2) is 2.17. The highest BCUT2D eigenvalue weighted by atomic mass is 14.2. The third-order valence-electron chi connectivity index (χ3n) is 1.61. The van der Waals surface area contributed by atoms with Crippen molar-refractivity contribution in [2.24, 2.45) is 5.41 Å². The lowest BCUT2D eigenvalue weighted by atomic mass is 9.87. The summed E-state index contributed by atoms with van der Waals surface area (Å²) in [6.07, 6.45) is 1.91. The largest absolute Gasteiger partial charge is 0.102 e. The van der Waals surface area contributed by atoms with E-state index < -0.39 is 0 Å². The Bertz CT molecular complexity index is 107. The molecule has 0 heterocycles. The molecule has 0 unspecified atom stereocenters. The van der Waals surface area contributed by atoms with Gasteiger partial charge >= 0.3 is 0 Å². The van der Waals surface area contributed by atoms with Gasteiger partial charge in [-0.2, -0.15) is 0 Å². The predicted molar refractivity (Wildman–Crippen MR) is 38.8 cm³/mol. The van der Waals surface area contributed by atoms with Crippen LogP contribution in [0.1, 0.15) is 20.8 Å². The fourth-order valence-corrected chi connectivity index (χ4v) is 0.174. The average molecular weight is 110 g/mol. The van der Waals surface area contributed by atoms with Gasteiger partial charge in [0.1, 0.15) is 0 Å². The molecule has 0 aromatic heterocycles. The summed E-state index contributed by atoms with van der Waals surface area (Å²) in [5, 5.41) is 0. The zero-order chi connectivity index (χ0) is 6.78. The second-order valence-corrected chi connectivity index (χ2v) is 2.71. The van der Waals surface area contributed by atoms with E-state index in [9.17, 15) is 0 Å². The summed E-state index contributed by atoms with van der Waals surface area (Å²) in [7, 11) is 0. The molecular formula is C8H14. The number of allylic oxidation sites excluding steroid dienone is 2. The summed E-state index contributed by atoms with van der Waals surface area (Å²) < 4.78 is 0. The van der Waals surface area contributed by atoms with Crippen molar-refractivity contribution in [3.05, 3.63) is 24.8 Å². The highest BCUT2D eigenvalue weighted by Crippen LogP contribution is 2.24. The molecule has 0 saturated carbocycles. The molecule has 46 valence electrons.